The van der Waals surface area contributed by atoms with Crippen LogP contribution in [-0.4, -0.2) is 60.6 Å². The maximum atomic E-state index is 13.8. The third kappa shape index (κ3) is 5.11. The van der Waals surface area contributed by atoms with Gasteiger partial charge in [-0.15, -0.1) is 0 Å². The Kier molecular flexibility index (Phi) is 6.85. The monoisotopic (exact) mass is 476 g/mol. The van der Waals surface area contributed by atoms with Gasteiger partial charge in [-0.3, -0.25) is 9.59 Å². The van der Waals surface area contributed by atoms with Gasteiger partial charge in [-0.25, -0.2) is 12.8 Å². The molecule has 2 amide bonds. The molecule has 2 saturated heterocycles. The molecule has 0 radical (unpaired) electrons. The largest absolute Gasteiger partial charge is 0.356 e. The first-order valence-corrected chi connectivity index (χ1v) is 12.7. The van der Waals surface area contributed by atoms with E-state index in [1.165, 1.54) is 22.6 Å². The molecular weight excluding hydrogens is 447 g/mol. The Morgan fingerprint density at radius 1 is 1.09 bits per heavy atom. The molecule has 3 heterocycles. The molecule has 8 nitrogen and oxygen atoms in total. The number of hydrogen-bond donors (Lipinski definition) is 2. The van der Waals surface area contributed by atoms with Crippen LogP contribution >= 0.6 is 0 Å². The molecule has 2 aliphatic rings. The fraction of sp³-hybridized carbons (Fsp3) is 0.478. The molecular formula is C23H29FN4O4S. The Labute approximate surface area is 193 Å². The Bertz CT molecular complexity index is 1140. The summed E-state index contributed by atoms with van der Waals surface area (Å²) in [5, 5.41) is 2.69. The van der Waals surface area contributed by atoms with Gasteiger partial charge in [-0.05, 0) is 62.8 Å². The van der Waals surface area contributed by atoms with Gasteiger partial charge in [0.1, 0.15) is 16.4 Å². The number of amides is 2. The summed E-state index contributed by atoms with van der Waals surface area (Å²) in [6, 6.07) is 5.84. The number of aromatic nitrogens is 1. The lowest BCUT2D eigenvalue weighted by Crippen LogP contribution is -2.43. The van der Waals surface area contributed by atoms with Crippen molar-refractivity contribution in [1.29, 1.82) is 0 Å². The van der Waals surface area contributed by atoms with E-state index in [-0.39, 0.29) is 28.9 Å². The van der Waals surface area contributed by atoms with Crippen LogP contribution in [0, 0.1) is 18.7 Å². The van der Waals surface area contributed by atoms with E-state index in [1.54, 1.807) is 24.0 Å². The smallest absolute Gasteiger partial charge is 0.270 e. The predicted octanol–water partition coefficient (Wildman–Crippen LogP) is 3.13. The highest BCUT2D eigenvalue weighted by atomic mass is 32.2. The van der Waals surface area contributed by atoms with E-state index >= 15 is 0 Å². The lowest BCUT2D eigenvalue weighted by Gasteiger charge is -2.31. The molecule has 178 valence electrons. The van der Waals surface area contributed by atoms with Crippen molar-refractivity contribution in [3.63, 3.8) is 0 Å². The van der Waals surface area contributed by atoms with Crippen LogP contribution in [0.4, 0.5) is 10.1 Å². The van der Waals surface area contributed by atoms with Crippen LogP contribution in [0.5, 0.6) is 0 Å². The van der Waals surface area contributed by atoms with Crippen LogP contribution in [0.25, 0.3) is 0 Å². The van der Waals surface area contributed by atoms with Gasteiger partial charge < -0.3 is 15.2 Å². The van der Waals surface area contributed by atoms with Crippen molar-refractivity contribution < 1.29 is 22.4 Å². The van der Waals surface area contributed by atoms with Crippen molar-refractivity contribution in [1.82, 2.24) is 14.2 Å². The topological polar surface area (TPSA) is 103 Å². The average Bonchev–Trinajstić information content (AvgIpc) is 3.33. The van der Waals surface area contributed by atoms with E-state index in [4.69, 9.17) is 0 Å². The van der Waals surface area contributed by atoms with Gasteiger partial charge in [0, 0.05) is 38.1 Å². The maximum Gasteiger partial charge on any atom is 0.270 e. The van der Waals surface area contributed by atoms with E-state index in [2.05, 4.69) is 10.3 Å². The number of nitrogens with zero attached hydrogens (tertiary/aromatic N) is 2. The Morgan fingerprint density at radius 3 is 2.58 bits per heavy atom. The van der Waals surface area contributed by atoms with Gasteiger partial charge in [-0.2, -0.15) is 4.31 Å². The van der Waals surface area contributed by atoms with E-state index in [9.17, 15) is 22.4 Å². The number of benzene rings is 1. The Hall–Kier alpha value is -2.72. The summed E-state index contributed by atoms with van der Waals surface area (Å²) in [7, 11) is -3.87. The second-order valence-corrected chi connectivity index (χ2v) is 10.7. The molecule has 2 aliphatic heterocycles. The molecule has 33 heavy (non-hydrogen) atoms. The number of aromatic amines is 1. The van der Waals surface area contributed by atoms with Crippen LogP contribution in [-0.2, 0) is 14.8 Å². The van der Waals surface area contributed by atoms with Gasteiger partial charge in [-0.1, -0.05) is 6.07 Å². The second kappa shape index (κ2) is 9.64. The van der Waals surface area contributed by atoms with Crippen molar-refractivity contribution in [2.75, 3.05) is 31.5 Å². The molecule has 0 saturated carbocycles. The summed E-state index contributed by atoms with van der Waals surface area (Å²) in [5.74, 6) is -1.50. The third-order valence-electron chi connectivity index (χ3n) is 6.36. The second-order valence-electron chi connectivity index (χ2n) is 8.76. The number of nitrogens with one attached hydrogen (secondary N) is 2. The number of aryl methyl sites for hydroxylation is 1. The highest BCUT2D eigenvalue weighted by molar-refractivity contribution is 7.89. The van der Waals surface area contributed by atoms with Crippen molar-refractivity contribution in [3.05, 3.63) is 47.5 Å². The number of piperidine rings is 2. The fourth-order valence-electron chi connectivity index (χ4n) is 4.35. The highest BCUT2D eigenvalue weighted by Crippen LogP contribution is 2.26. The minimum atomic E-state index is -3.87. The number of likely N-dealkylation sites (tertiary alicyclic amines) is 1. The van der Waals surface area contributed by atoms with E-state index in [0.29, 0.717) is 43.7 Å². The van der Waals surface area contributed by atoms with Crippen LogP contribution in [0.3, 0.4) is 0 Å². The molecule has 4 rings (SSSR count). The molecule has 2 aromatic rings. The van der Waals surface area contributed by atoms with Crippen LogP contribution in [0.2, 0.25) is 0 Å². The van der Waals surface area contributed by atoms with Gasteiger partial charge in [0.05, 0.1) is 5.92 Å². The van der Waals surface area contributed by atoms with E-state index in [1.807, 2.05) is 0 Å². The normalized spacial score (nSPS) is 19.9. The van der Waals surface area contributed by atoms with Crippen molar-refractivity contribution in [2.24, 2.45) is 5.92 Å². The van der Waals surface area contributed by atoms with Crippen LogP contribution < -0.4 is 5.32 Å². The number of anilines is 1. The first-order chi connectivity index (χ1) is 15.8. The number of hydrogen-bond acceptors (Lipinski definition) is 4. The number of carbonyl (C=O) groups excluding carboxylic acids is 2. The molecule has 0 spiro atoms. The van der Waals surface area contributed by atoms with Crippen molar-refractivity contribution >= 4 is 27.5 Å². The van der Waals surface area contributed by atoms with E-state index in [0.717, 1.165) is 19.3 Å². The average molecular weight is 477 g/mol. The molecule has 10 heteroatoms. The molecule has 1 unspecified atom stereocenters. The summed E-state index contributed by atoms with van der Waals surface area (Å²) in [4.78, 5) is 30.0. The van der Waals surface area contributed by atoms with Gasteiger partial charge in [0.25, 0.3) is 5.91 Å². The molecule has 1 atom stereocenters. The van der Waals surface area contributed by atoms with Gasteiger partial charge >= 0.3 is 0 Å². The molecule has 0 bridgehead atoms. The minimum absolute atomic E-state index is 0.0181. The predicted molar refractivity (Wildman–Crippen MR) is 122 cm³/mol. The number of sulfonamides is 1. The number of rotatable bonds is 5. The standard InChI is InChI=1S/C23H29FN4O4S/c1-16-7-8-18(12-20(16)24)26-22(29)17-6-5-11-28(15-17)33(31,32)19-13-21(25-14-19)23(30)27-9-3-2-4-10-27/h7-8,12-14,17,25H,2-6,9-11,15H2,1H3,(H,26,29). The first-order valence-electron chi connectivity index (χ1n) is 11.3. The molecule has 0 aliphatic carbocycles. The Balaban J connectivity index is 1.43. The summed E-state index contributed by atoms with van der Waals surface area (Å²) < 4.78 is 41.5. The summed E-state index contributed by atoms with van der Waals surface area (Å²) >= 11 is 0. The molecule has 1 aromatic carbocycles. The lowest BCUT2D eigenvalue weighted by molar-refractivity contribution is -0.120. The zero-order valence-electron chi connectivity index (χ0n) is 18.6. The quantitative estimate of drug-likeness (QED) is 0.692. The fourth-order valence-corrected chi connectivity index (χ4v) is 5.87. The first kappa shape index (κ1) is 23.4. The molecule has 2 N–H and O–H groups in total. The molecule has 2 fully saturated rings. The third-order valence-corrected chi connectivity index (χ3v) is 8.21. The van der Waals surface area contributed by atoms with Crippen LogP contribution in [0.1, 0.15) is 48.2 Å². The number of halogens is 1. The SMILES string of the molecule is Cc1ccc(NC(=O)C2CCCN(S(=O)(=O)c3c[nH]c(C(=O)N4CCCCC4)c3)C2)cc1F. The Morgan fingerprint density at radius 2 is 1.85 bits per heavy atom. The van der Waals surface area contributed by atoms with Crippen molar-refractivity contribution in [3.8, 4) is 0 Å². The molecule has 1 aromatic heterocycles. The number of carbonyl (C=O) groups is 2. The maximum absolute atomic E-state index is 13.8. The lowest BCUT2D eigenvalue weighted by atomic mass is 9.98. The van der Waals surface area contributed by atoms with Gasteiger partial charge in [0.2, 0.25) is 15.9 Å². The van der Waals surface area contributed by atoms with Crippen molar-refractivity contribution in [2.45, 2.75) is 43.9 Å². The van der Waals surface area contributed by atoms with Gasteiger partial charge in [0.15, 0.2) is 0 Å². The zero-order chi connectivity index (χ0) is 23.6. The van der Waals surface area contributed by atoms with Crippen LogP contribution in [0.15, 0.2) is 35.4 Å². The zero-order valence-corrected chi connectivity index (χ0v) is 19.5. The van der Waals surface area contributed by atoms with E-state index < -0.39 is 21.8 Å². The minimum Gasteiger partial charge on any atom is -0.356 e. The summed E-state index contributed by atoms with van der Waals surface area (Å²) in [5.41, 5.74) is 1.07. The number of H-pyrrole nitrogens is 1. The summed E-state index contributed by atoms with van der Waals surface area (Å²) in [6.45, 7) is 3.31. The summed E-state index contributed by atoms with van der Waals surface area (Å²) in [6.07, 6.45) is 5.40. The highest BCUT2D eigenvalue weighted by Gasteiger charge is 2.34.